The van der Waals surface area contributed by atoms with Gasteiger partial charge in [0.25, 0.3) is 0 Å². The second kappa shape index (κ2) is 21.0. The van der Waals surface area contributed by atoms with E-state index in [-0.39, 0.29) is 22.7 Å². The Morgan fingerprint density at radius 3 is 0.867 bits per heavy atom. The fraction of sp³-hybridized carbons (Fsp3) is 1.00. The first-order valence-electron chi connectivity index (χ1n) is 19.3. The summed E-state index contributed by atoms with van der Waals surface area (Å²) in [5, 5.41) is 33.1. The summed E-state index contributed by atoms with van der Waals surface area (Å²) in [6.45, 7) is 27.3. The SMILES string of the molecule is CCC(O)(CC)CCOC(CC)(CC)CC(CC(CC)(CC)OCCC(O)(CC)CC)C(CC)(CC)OCCC(O)(CC)CC. The maximum Gasteiger partial charge on any atom is 0.0707 e. The Kier molecular flexibility index (Phi) is 20.9. The van der Waals surface area contributed by atoms with Crippen LogP contribution in [0.5, 0.6) is 0 Å². The lowest BCUT2D eigenvalue weighted by Gasteiger charge is -2.48. The minimum Gasteiger partial charge on any atom is -0.390 e. The molecule has 0 aromatic heterocycles. The molecular weight excluding hydrogens is 564 g/mol. The average molecular weight is 645 g/mol. The van der Waals surface area contributed by atoms with Crippen molar-refractivity contribution in [3.8, 4) is 0 Å². The van der Waals surface area contributed by atoms with Crippen molar-refractivity contribution in [1.82, 2.24) is 0 Å². The summed E-state index contributed by atoms with van der Waals surface area (Å²) in [5.74, 6) is 0.163. The normalized spacial score (nSPS) is 14.1. The number of rotatable bonds is 29. The van der Waals surface area contributed by atoms with Gasteiger partial charge in [0.15, 0.2) is 0 Å². The standard InChI is InChI=1S/C39H80O6/c1-13-34(40,14-2)25-28-43-37(19-7,20-8)31-33(39(23-11,24-12)45-30-27-36(42,17-5)18-6)32-38(21-9,22-10)44-29-26-35(41,15-3)16-4/h33,40-42H,13-32H2,1-12H3. The lowest BCUT2D eigenvalue weighted by molar-refractivity contribution is -0.168. The molecule has 0 aliphatic rings. The molecule has 6 heteroatoms. The Balaban J connectivity index is 6.60. The molecule has 0 spiro atoms. The van der Waals surface area contributed by atoms with Crippen LogP contribution in [0.15, 0.2) is 0 Å². The van der Waals surface area contributed by atoms with Crippen LogP contribution in [-0.4, -0.2) is 68.7 Å². The number of hydrogen-bond acceptors (Lipinski definition) is 6. The van der Waals surface area contributed by atoms with Crippen molar-refractivity contribution in [3.05, 3.63) is 0 Å². The molecule has 0 fully saturated rings. The van der Waals surface area contributed by atoms with Gasteiger partial charge in [0.1, 0.15) is 0 Å². The highest BCUT2D eigenvalue weighted by Gasteiger charge is 2.46. The molecule has 0 bridgehead atoms. The van der Waals surface area contributed by atoms with Crippen LogP contribution >= 0.6 is 0 Å². The van der Waals surface area contributed by atoms with E-state index >= 15 is 0 Å². The highest BCUT2D eigenvalue weighted by molar-refractivity contribution is 4.97. The molecule has 0 saturated carbocycles. The monoisotopic (exact) mass is 645 g/mol. The summed E-state index contributed by atoms with van der Waals surface area (Å²) in [6, 6.07) is 0. The molecule has 272 valence electrons. The lowest BCUT2D eigenvalue weighted by Crippen LogP contribution is -2.50. The van der Waals surface area contributed by atoms with Crippen molar-refractivity contribution < 1.29 is 29.5 Å². The van der Waals surface area contributed by atoms with E-state index in [1.165, 1.54) is 0 Å². The zero-order chi connectivity index (χ0) is 34.8. The molecule has 0 unspecified atom stereocenters. The summed E-state index contributed by atoms with van der Waals surface area (Å²) < 4.78 is 20.7. The Hall–Kier alpha value is -0.240. The van der Waals surface area contributed by atoms with Gasteiger partial charge < -0.3 is 29.5 Å². The minimum atomic E-state index is -0.702. The van der Waals surface area contributed by atoms with Crippen molar-refractivity contribution in [3.63, 3.8) is 0 Å². The van der Waals surface area contributed by atoms with Crippen molar-refractivity contribution >= 4 is 0 Å². The maximum absolute atomic E-state index is 11.1. The predicted octanol–water partition coefficient (Wildman–Crippen LogP) is 9.93. The molecule has 0 amide bonds. The first-order chi connectivity index (χ1) is 21.2. The van der Waals surface area contributed by atoms with Gasteiger partial charge in [0.2, 0.25) is 0 Å². The molecule has 0 aliphatic carbocycles. The Morgan fingerprint density at radius 1 is 0.378 bits per heavy atom. The first-order valence-corrected chi connectivity index (χ1v) is 19.3. The van der Waals surface area contributed by atoms with E-state index in [0.717, 1.165) is 89.9 Å². The Morgan fingerprint density at radius 2 is 0.644 bits per heavy atom. The maximum atomic E-state index is 11.1. The predicted molar refractivity (Wildman–Crippen MR) is 191 cm³/mol. The smallest absolute Gasteiger partial charge is 0.0707 e. The van der Waals surface area contributed by atoms with E-state index in [4.69, 9.17) is 14.2 Å². The fourth-order valence-corrected chi connectivity index (χ4v) is 7.27. The Labute approximate surface area is 280 Å². The van der Waals surface area contributed by atoms with Crippen molar-refractivity contribution in [2.75, 3.05) is 19.8 Å². The summed E-state index contributed by atoms with van der Waals surface area (Å²) in [5.41, 5.74) is -3.13. The molecule has 0 aromatic rings. The van der Waals surface area contributed by atoms with Crippen LogP contribution in [0.2, 0.25) is 0 Å². The van der Waals surface area contributed by atoms with Gasteiger partial charge in [-0.3, -0.25) is 0 Å². The second-order valence-electron chi connectivity index (χ2n) is 14.2. The summed E-state index contributed by atoms with van der Waals surface area (Å²) in [4.78, 5) is 0. The van der Waals surface area contributed by atoms with Crippen LogP contribution in [0.1, 0.15) is 192 Å². The van der Waals surface area contributed by atoms with E-state index in [9.17, 15) is 15.3 Å². The van der Waals surface area contributed by atoms with Crippen LogP contribution in [0.25, 0.3) is 0 Å². The van der Waals surface area contributed by atoms with Gasteiger partial charge >= 0.3 is 0 Å². The molecule has 0 aromatic carbocycles. The Bertz CT molecular complexity index is 686. The molecule has 0 radical (unpaired) electrons. The third kappa shape index (κ3) is 13.3. The average Bonchev–Trinajstić information content (AvgIpc) is 3.08. The van der Waals surface area contributed by atoms with Gasteiger partial charge in [-0.2, -0.15) is 0 Å². The minimum absolute atomic E-state index is 0.163. The molecule has 3 N–H and O–H groups in total. The van der Waals surface area contributed by atoms with Crippen LogP contribution in [0.3, 0.4) is 0 Å². The quantitative estimate of drug-likeness (QED) is 0.0751. The molecule has 0 aliphatic heterocycles. The van der Waals surface area contributed by atoms with Crippen LogP contribution in [0.4, 0.5) is 0 Å². The molecule has 0 atom stereocenters. The largest absolute Gasteiger partial charge is 0.390 e. The van der Waals surface area contributed by atoms with E-state index in [1.54, 1.807) is 0 Å². The summed E-state index contributed by atoms with van der Waals surface area (Å²) >= 11 is 0. The van der Waals surface area contributed by atoms with Gasteiger partial charge in [-0.15, -0.1) is 0 Å². The van der Waals surface area contributed by atoms with E-state index < -0.39 is 16.8 Å². The van der Waals surface area contributed by atoms with Crippen LogP contribution in [-0.2, 0) is 14.2 Å². The fourth-order valence-electron chi connectivity index (χ4n) is 7.27. The highest BCUT2D eigenvalue weighted by Crippen LogP contribution is 2.45. The highest BCUT2D eigenvalue weighted by atomic mass is 16.5. The molecule has 45 heavy (non-hydrogen) atoms. The topological polar surface area (TPSA) is 88.4 Å². The zero-order valence-electron chi connectivity index (χ0n) is 32.3. The molecule has 6 nitrogen and oxygen atoms in total. The van der Waals surface area contributed by atoms with Crippen molar-refractivity contribution in [2.45, 2.75) is 226 Å². The summed E-state index contributed by atoms with van der Waals surface area (Å²) in [6.07, 6.45) is 13.2. The van der Waals surface area contributed by atoms with Gasteiger partial charge in [-0.25, -0.2) is 0 Å². The lowest BCUT2D eigenvalue weighted by atomic mass is 9.69. The zero-order valence-corrected chi connectivity index (χ0v) is 32.3. The first kappa shape index (κ1) is 44.8. The molecule has 0 rings (SSSR count). The van der Waals surface area contributed by atoms with Gasteiger partial charge in [-0.05, 0) is 115 Å². The third-order valence-corrected chi connectivity index (χ3v) is 12.6. The molecule has 0 saturated heterocycles. The molecule has 0 heterocycles. The van der Waals surface area contributed by atoms with Gasteiger partial charge in [0.05, 0.1) is 53.4 Å². The van der Waals surface area contributed by atoms with Crippen LogP contribution < -0.4 is 0 Å². The summed E-state index contributed by atoms with van der Waals surface area (Å²) in [7, 11) is 0. The van der Waals surface area contributed by atoms with Gasteiger partial charge in [-0.1, -0.05) is 83.1 Å². The van der Waals surface area contributed by atoms with Crippen molar-refractivity contribution in [2.24, 2.45) is 5.92 Å². The van der Waals surface area contributed by atoms with Crippen LogP contribution in [0, 0.1) is 5.92 Å². The number of aliphatic hydroxyl groups is 3. The molecular formula is C39H80O6. The van der Waals surface area contributed by atoms with E-state index in [1.807, 2.05) is 0 Å². The van der Waals surface area contributed by atoms with Crippen molar-refractivity contribution in [1.29, 1.82) is 0 Å². The third-order valence-electron chi connectivity index (χ3n) is 12.6. The van der Waals surface area contributed by atoms with E-state index in [2.05, 4.69) is 83.1 Å². The second-order valence-corrected chi connectivity index (χ2v) is 14.2. The van der Waals surface area contributed by atoms with E-state index in [0.29, 0.717) is 39.1 Å². The number of ether oxygens (including phenoxy) is 3. The van der Waals surface area contributed by atoms with Gasteiger partial charge in [0, 0.05) is 0 Å². The number of hydrogen-bond donors (Lipinski definition) is 3.